The van der Waals surface area contributed by atoms with Crippen molar-refractivity contribution in [2.45, 2.75) is 31.5 Å². The molecule has 0 radical (unpaired) electrons. The van der Waals surface area contributed by atoms with Crippen molar-refractivity contribution in [3.63, 3.8) is 0 Å². The van der Waals surface area contributed by atoms with E-state index < -0.39 is 18.1 Å². The van der Waals surface area contributed by atoms with E-state index in [9.17, 15) is 8.42 Å². The molecule has 6 heteroatoms. The zero-order valence-corrected chi connectivity index (χ0v) is 14.8. The topological polar surface area (TPSA) is 46.2 Å². The number of rotatable bonds is 5. The number of hydrogen-bond acceptors (Lipinski definition) is 2. The summed E-state index contributed by atoms with van der Waals surface area (Å²) in [7, 11) is -5.07. The summed E-state index contributed by atoms with van der Waals surface area (Å²) in [5, 5.41) is 0. The fourth-order valence-corrected chi connectivity index (χ4v) is 3.14. The first kappa shape index (κ1) is 17.2. The molecule has 0 bridgehead atoms. The highest BCUT2D eigenvalue weighted by Crippen LogP contribution is 2.17. The van der Waals surface area contributed by atoms with Gasteiger partial charge in [0, 0.05) is 11.2 Å². The van der Waals surface area contributed by atoms with E-state index in [1.165, 1.54) is 0 Å². The Morgan fingerprint density at radius 3 is 2.30 bits per heavy atom. The molecule has 0 aromatic heterocycles. The van der Waals surface area contributed by atoms with Crippen molar-refractivity contribution in [2.24, 2.45) is 0 Å². The molecule has 0 saturated heterocycles. The zero-order valence-electron chi connectivity index (χ0n) is 12.2. The van der Waals surface area contributed by atoms with Gasteiger partial charge in [0.15, 0.2) is 0 Å². The summed E-state index contributed by atoms with van der Waals surface area (Å²) in [6.07, 6.45) is 0. The zero-order chi connectivity index (χ0) is 15.4. The monoisotopic (exact) mass is 329 g/mol. The maximum absolute atomic E-state index is 12.0. The van der Waals surface area contributed by atoms with Crippen LogP contribution in [0.25, 0.3) is 0 Å². The van der Waals surface area contributed by atoms with E-state index >= 15 is 0 Å². The summed E-state index contributed by atoms with van der Waals surface area (Å²) in [4.78, 5) is 0.257. The van der Waals surface area contributed by atoms with Gasteiger partial charge in [-0.15, -0.1) is 5.73 Å². The van der Waals surface area contributed by atoms with Crippen molar-refractivity contribution in [3.8, 4) is 0 Å². The first-order chi connectivity index (χ1) is 9.13. The van der Waals surface area contributed by atoms with Gasteiger partial charge in [0.05, 0.1) is 4.90 Å². The van der Waals surface area contributed by atoms with Crippen LogP contribution in [0.4, 0.5) is 0 Å². The van der Waals surface area contributed by atoms with Crippen molar-refractivity contribution in [2.75, 3.05) is 6.54 Å². The molecular formula is C14H20ClNO2SSi. The molecule has 110 valence electrons. The van der Waals surface area contributed by atoms with E-state index in [0.717, 1.165) is 5.57 Å². The average Bonchev–Trinajstić information content (AvgIpc) is 2.36. The second-order valence-corrected chi connectivity index (χ2v) is 13.1. The predicted octanol–water partition coefficient (Wildman–Crippen LogP) is 3.51. The number of sulfonamides is 1. The van der Waals surface area contributed by atoms with E-state index in [4.69, 9.17) is 11.6 Å². The highest BCUT2D eigenvalue weighted by atomic mass is 35.5. The second-order valence-electron chi connectivity index (χ2n) is 5.61. The molecule has 0 unspecified atom stereocenters. The van der Waals surface area contributed by atoms with Crippen molar-refractivity contribution in [1.29, 1.82) is 0 Å². The minimum Gasteiger partial charge on any atom is -0.207 e. The molecule has 3 nitrogen and oxygen atoms in total. The number of nitrogens with one attached hydrogen (secondary N) is 1. The third kappa shape index (κ3) is 5.27. The van der Waals surface area contributed by atoms with Gasteiger partial charge in [-0.2, -0.15) is 0 Å². The van der Waals surface area contributed by atoms with Crippen LogP contribution in [0.2, 0.25) is 19.6 Å². The summed E-state index contributed by atoms with van der Waals surface area (Å²) in [5.41, 5.74) is 3.85. The predicted molar refractivity (Wildman–Crippen MR) is 87.0 cm³/mol. The highest BCUT2D eigenvalue weighted by molar-refractivity contribution is 7.89. The van der Waals surface area contributed by atoms with Gasteiger partial charge in [-0.05, 0) is 24.6 Å². The molecule has 0 atom stereocenters. The van der Waals surface area contributed by atoms with Gasteiger partial charge in [0.1, 0.15) is 8.07 Å². The summed E-state index contributed by atoms with van der Waals surface area (Å²) in [6.45, 7) is 8.37. The lowest BCUT2D eigenvalue weighted by Gasteiger charge is -2.12. The van der Waals surface area contributed by atoms with Crippen LogP contribution in [0.15, 0.2) is 51.2 Å². The number of hydrogen-bond donors (Lipinski definition) is 1. The molecule has 0 heterocycles. The number of halogens is 1. The van der Waals surface area contributed by atoms with Crippen LogP contribution in [-0.2, 0) is 10.0 Å². The smallest absolute Gasteiger partial charge is 0.207 e. The maximum Gasteiger partial charge on any atom is 0.240 e. The molecule has 0 saturated carbocycles. The van der Waals surface area contributed by atoms with Gasteiger partial charge in [0.2, 0.25) is 10.0 Å². The second kappa shape index (κ2) is 6.74. The first-order valence-corrected chi connectivity index (χ1v) is 11.7. The molecule has 0 spiro atoms. The molecule has 1 N–H and O–H groups in total. The van der Waals surface area contributed by atoms with Crippen molar-refractivity contribution >= 4 is 29.7 Å². The van der Waals surface area contributed by atoms with Gasteiger partial charge in [0.25, 0.3) is 0 Å². The highest BCUT2D eigenvalue weighted by Gasteiger charge is 2.18. The molecule has 1 aromatic carbocycles. The van der Waals surface area contributed by atoms with Gasteiger partial charge in [-0.25, -0.2) is 13.1 Å². The number of benzene rings is 1. The van der Waals surface area contributed by atoms with Crippen LogP contribution in [0, 0.1) is 0 Å². The summed E-state index contributed by atoms with van der Waals surface area (Å²) >= 11 is 6.19. The Kier molecular flexibility index (Phi) is 5.80. The fraction of sp³-hybridized carbons (Fsp3) is 0.357. The normalized spacial score (nSPS) is 11.8. The Hall–Kier alpha value is -0.843. The van der Waals surface area contributed by atoms with E-state index in [1.807, 2.05) is 6.92 Å². The Balaban J connectivity index is 2.85. The lowest BCUT2D eigenvalue weighted by atomic mass is 10.3. The van der Waals surface area contributed by atoms with Crippen LogP contribution < -0.4 is 4.72 Å². The van der Waals surface area contributed by atoms with Crippen LogP contribution in [-0.4, -0.2) is 23.0 Å². The Morgan fingerprint density at radius 2 is 1.80 bits per heavy atom. The Bertz CT molecular complexity index is 627. The SMILES string of the molecule is CC(=C=C(Cl)[Si](C)(C)C)CNS(=O)(=O)c1ccccc1. The average molecular weight is 330 g/mol. The first-order valence-electron chi connectivity index (χ1n) is 6.30. The van der Waals surface area contributed by atoms with E-state index in [1.54, 1.807) is 30.3 Å². The Labute approximate surface area is 127 Å². The third-order valence-corrected chi connectivity index (χ3v) is 7.22. The van der Waals surface area contributed by atoms with E-state index in [0.29, 0.717) is 4.66 Å². The molecule has 0 amide bonds. The van der Waals surface area contributed by atoms with Crippen molar-refractivity contribution < 1.29 is 8.42 Å². The van der Waals surface area contributed by atoms with Gasteiger partial charge < -0.3 is 0 Å². The van der Waals surface area contributed by atoms with Crippen molar-refractivity contribution in [3.05, 3.63) is 46.3 Å². The molecule has 1 aromatic rings. The molecule has 0 aliphatic carbocycles. The fourth-order valence-electron chi connectivity index (χ4n) is 1.31. The molecule has 0 aliphatic heterocycles. The van der Waals surface area contributed by atoms with E-state index in [-0.39, 0.29) is 11.4 Å². The lowest BCUT2D eigenvalue weighted by Crippen LogP contribution is -2.25. The van der Waals surface area contributed by atoms with Crippen LogP contribution in [0.5, 0.6) is 0 Å². The maximum atomic E-state index is 12.0. The van der Waals surface area contributed by atoms with Gasteiger partial charge in [-0.1, -0.05) is 49.4 Å². The summed E-state index contributed by atoms with van der Waals surface area (Å²) in [5.74, 6) is 0. The molecule has 0 aliphatic rings. The standard InChI is InChI=1S/C14H20ClNO2SSi/c1-12(10-14(15)20(2,3)4)11-16-19(17,18)13-8-6-5-7-9-13/h5-9,16H,11H2,1-4H3. The summed E-state index contributed by atoms with van der Waals surface area (Å²) in [6, 6.07) is 8.29. The van der Waals surface area contributed by atoms with Crippen LogP contribution >= 0.6 is 11.6 Å². The quantitative estimate of drug-likeness (QED) is 0.663. The third-order valence-electron chi connectivity index (χ3n) is 2.56. The van der Waals surface area contributed by atoms with Gasteiger partial charge in [-0.3, -0.25) is 0 Å². The molecular weight excluding hydrogens is 310 g/mol. The largest absolute Gasteiger partial charge is 0.240 e. The minimum atomic E-state index is -3.48. The van der Waals surface area contributed by atoms with Crippen molar-refractivity contribution in [1.82, 2.24) is 4.72 Å². The molecule has 20 heavy (non-hydrogen) atoms. The Morgan fingerprint density at radius 1 is 1.25 bits per heavy atom. The molecule has 0 fully saturated rings. The van der Waals surface area contributed by atoms with Crippen LogP contribution in [0.3, 0.4) is 0 Å². The minimum absolute atomic E-state index is 0.206. The lowest BCUT2D eigenvalue weighted by molar-refractivity contribution is 0.584. The van der Waals surface area contributed by atoms with E-state index in [2.05, 4.69) is 30.1 Å². The molecule has 1 rings (SSSR count). The summed E-state index contributed by atoms with van der Waals surface area (Å²) < 4.78 is 27.3. The van der Waals surface area contributed by atoms with Crippen LogP contribution in [0.1, 0.15) is 6.92 Å². The van der Waals surface area contributed by atoms with Gasteiger partial charge >= 0.3 is 0 Å².